The molecule has 0 aromatic heterocycles. The third-order valence-electron chi connectivity index (χ3n) is 0.718. The third kappa shape index (κ3) is 7.34. The summed E-state index contributed by atoms with van der Waals surface area (Å²) in [6.45, 7) is 5.93. The van der Waals surface area contributed by atoms with Gasteiger partial charge in [-0.15, -0.1) is 0 Å². The predicted molar refractivity (Wildman–Crippen MR) is 38.9 cm³/mol. The molecule has 0 N–H and O–H groups in total. The van der Waals surface area contributed by atoms with E-state index in [1.54, 1.807) is 6.21 Å². The quantitative estimate of drug-likeness (QED) is 0.525. The second-order valence-corrected chi connectivity index (χ2v) is 2.44. The number of hydrogen-bond donors (Lipinski definition) is 0. The topological polar surface area (TPSA) is 29.4 Å². The largest absolute Gasteiger partial charge is 0.298 e. The van der Waals surface area contributed by atoms with Crippen LogP contribution >= 0.6 is 0 Å². The zero-order valence-corrected chi connectivity index (χ0v) is 6.22. The van der Waals surface area contributed by atoms with E-state index in [2.05, 4.69) is 4.99 Å². The molecule has 0 saturated heterocycles. The number of Topliss-reactive ketones (excluding diaryl/α,β-unsaturated/α-hetero) is 1. The fraction of sp³-hybridized carbons (Fsp3) is 0.714. The molecular formula is C7H13NO. The standard InChI is InChI=1S/C7H13NO/c1-6(2)4-8-5-7(3)9/h4,6H,5H2,1-3H3. The van der Waals surface area contributed by atoms with Gasteiger partial charge in [0.15, 0.2) is 5.78 Å². The SMILES string of the molecule is CC(=O)CN=CC(C)C. The highest BCUT2D eigenvalue weighted by atomic mass is 16.1. The Labute approximate surface area is 56.0 Å². The van der Waals surface area contributed by atoms with Crippen LogP contribution in [0.1, 0.15) is 20.8 Å². The minimum atomic E-state index is 0.118. The van der Waals surface area contributed by atoms with Crippen LogP contribution in [0.4, 0.5) is 0 Å². The van der Waals surface area contributed by atoms with Crippen LogP contribution in [0.3, 0.4) is 0 Å². The van der Waals surface area contributed by atoms with Gasteiger partial charge < -0.3 is 0 Å². The van der Waals surface area contributed by atoms with E-state index in [4.69, 9.17) is 0 Å². The lowest BCUT2D eigenvalue weighted by atomic mass is 10.2. The van der Waals surface area contributed by atoms with E-state index in [1.165, 1.54) is 6.92 Å². The minimum Gasteiger partial charge on any atom is -0.298 e. The molecule has 52 valence electrons. The van der Waals surface area contributed by atoms with Crippen LogP contribution in [0.25, 0.3) is 0 Å². The molecule has 0 unspecified atom stereocenters. The van der Waals surface area contributed by atoms with Crippen LogP contribution in [0, 0.1) is 5.92 Å². The number of ketones is 1. The van der Waals surface area contributed by atoms with Crippen LogP contribution in [0.15, 0.2) is 4.99 Å². The number of aliphatic imine (C=N–C) groups is 1. The van der Waals surface area contributed by atoms with E-state index in [9.17, 15) is 4.79 Å². The van der Waals surface area contributed by atoms with Crippen molar-refractivity contribution in [3.63, 3.8) is 0 Å². The summed E-state index contributed by atoms with van der Waals surface area (Å²) in [5.74, 6) is 0.566. The van der Waals surface area contributed by atoms with Gasteiger partial charge in [0.05, 0.1) is 6.54 Å². The molecule has 2 heteroatoms. The first-order valence-electron chi connectivity index (χ1n) is 3.12. The van der Waals surface area contributed by atoms with Crippen LogP contribution < -0.4 is 0 Å². The Bertz CT molecular complexity index is 116. The van der Waals surface area contributed by atoms with Crippen molar-refractivity contribution in [3.05, 3.63) is 0 Å². The van der Waals surface area contributed by atoms with Gasteiger partial charge in [-0.3, -0.25) is 9.79 Å². The van der Waals surface area contributed by atoms with E-state index >= 15 is 0 Å². The van der Waals surface area contributed by atoms with Crippen molar-refractivity contribution in [2.24, 2.45) is 10.9 Å². The van der Waals surface area contributed by atoms with Crippen molar-refractivity contribution in [3.8, 4) is 0 Å². The summed E-state index contributed by atoms with van der Waals surface area (Å²) in [4.78, 5) is 14.2. The van der Waals surface area contributed by atoms with Gasteiger partial charge in [-0.2, -0.15) is 0 Å². The fourth-order valence-electron chi connectivity index (χ4n) is 0.392. The second-order valence-electron chi connectivity index (χ2n) is 2.44. The Hall–Kier alpha value is -0.660. The highest BCUT2D eigenvalue weighted by Gasteiger charge is 1.87. The van der Waals surface area contributed by atoms with Gasteiger partial charge in [0, 0.05) is 6.21 Å². The maximum Gasteiger partial charge on any atom is 0.151 e. The summed E-state index contributed by atoms with van der Waals surface area (Å²) in [5, 5.41) is 0. The molecule has 0 aliphatic rings. The summed E-state index contributed by atoms with van der Waals surface area (Å²) in [5.41, 5.74) is 0. The molecule has 0 rings (SSSR count). The first-order chi connectivity index (χ1) is 4.13. The van der Waals surface area contributed by atoms with Crippen molar-refractivity contribution in [2.75, 3.05) is 6.54 Å². The average molecular weight is 127 g/mol. The molecule has 0 aliphatic heterocycles. The van der Waals surface area contributed by atoms with Crippen molar-refractivity contribution < 1.29 is 4.79 Å². The lowest BCUT2D eigenvalue weighted by Gasteiger charge is -1.90. The summed E-state index contributed by atoms with van der Waals surface area (Å²) in [6.07, 6.45) is 1.79. The van der Waals surface area contributed by atoms with E-state index in [1.807, 2.05) is 13.8 Å². The molecule has 0 saturated carbocycles. The predicted octanol–water partition coefficient (Wildman–Crippen LogP) is 1.30. The number of hydrogen-bond acceptors (Lipinski definition) is 2. The van der Waals surface area contributed by atoms with Gasteiger partial charge >= 0.3 is 0 Å². The van der Waals surface area contributed by atoms with E-state index in [0.29, 0.717) is 12.5 Å². The molecular weight excluding hydrogens is 114 g/mol. The normalized spacial score (nSPS) is 11.1. The average Bonchev–Trinajstić information content (AvgIpc) is 1.63. The monoisotopic (exact) mass is 127 g/mol. The number of carbonyl (C=O) groups is 1. The summed E-state index contributed by atoms with van der Waals surface area (Å²) >= 11 is 0. The van der Waals surface area contributed by atoms with Gasteiger partial charge in [-0.25, -0.2) is 0 Å². The minimum absolute atomic E-state index is 0.118. The molecule has 9 heavy (non-hydrogen) atoms. The lowest BCUT2D eigenvalue weighted by Crippen LogP contribution is -1.96. The molecule has 0 fully saturated rings. The Balaban J connectivity index is 3.36. The summed E-state index contributed by atoms with van der Waals surface area (Å²) in [7, 11) is 0. The van der Waals surface area contributed by atoms with Crippen molar-refractivity contribution in [1.29, 1.82) is 0 Å². The zero-order valence-electron chi connectivity index (χ0n) is 6.22. The summed E-state index contributed by atoms with van der Waals surface area (Å²) < 4.78 is 0. The van der Waals surface area contributed by atoms with Gasteiger partial charge in [0.25, 0.3) is 0 Å². The molecule has 0 aliphatic carbocycles. The maximum absolute atomic E-state index is 10.3. The van der Waals surface area contributed by atoms with E-state index < -0.39 is 0 Å². The van der Waals surface area contributed by atoms with Gasteiger partial charge in [0.1, 0.15) is 0 Å². The highest BCUT2D eigenvalue weighted by Crippen LogP contribution is 1.84. The molecule has 0 bridgehead atoms. The molecule has 0 amide bonds. The smallest absolute Gasteiger partial charge is 0.151 e. The van der Waals surface area contributed by atoms with Gasteiger partial charge in [-0.05, 0) is 12.8 Å². The number of nitrogens with zero attached hydrogens (tertiary/aromatic N) is 1. The van der Waals surface area contributed by atoms with Crippen LogP contribution in [0.2, 0.25) is 0 Å². The Morgan fingerprint density at radius 3 is 2.56 bits per heavy atom. The van der Waals surface area contributed by atoms with E-state index in [0.717, 1.165) is 0 Å². The molecule has 0 aromatic carbocycles. The molecule has 0 spiro atoms. The lowest BCUT2D eigenvalue weighted by molar-refractivity contribution is -0.115. The highest BCUT2D eigenvalue weighted by molar-refractivity contribution is 5.79. The second kappa shape index (κ2) is 4.24. The molecule has 0 aromatic rings. The van der Waals surface area contributed by atoms with Gasteiger partial charge in [0.2, 0.25) is 0 Å². The molecule has 0 radical (unpaired) electrons. The zero-order chi connectivity index (χ0) is 7.28. The number of carbonyl (C=O) groups excluding carboxylic acids is 1. The molecule has 0 atom stereocenters. The van der Waals surface area contributed by atoms with Crippen LogP contribution in [-0.4, -0.2) is 18.5 Å². The maximum atomic E-state index is 10.3. The van der Waals surface area contributed by atoms with Crippen LogP contribution in [0.5, 0.6) is 0 Å². The van der Waals surface area contributed by atoms with Gasteiger partial charge in [-0.1, -0.05) is 13.8 Å². The third-order valence-corrected chi connectivity index (χ3v) is 0.718. The molecule has 0 heterocycles. The summed E-state index contributed by atoms with van der Waals surface area (Å²) in [6, 6.07) is 0. The first kappa shape index (κ1) is 8.34. The molecule has 2 nitrogen and oxygen atoms in total. The first-order valence-corrected chi connectivity index (χ1v) is 3.12. The number of rotatable bonds is 3. The van der Waals surface area contributed by atoms with Crippen molar-refractivity contribution >= 4 is 12.0 Å². The Morgan fingerprint density at radius 1 is 1.67 bits per heavy atom. The fourth-order valence-corrected chi connectivity index (χ4v) is 0.392. The van der Waals surface area contributed by atoms with E-state index in [-0.39, 0.29) is 5.78 Å². The van der Waals surface area contributed by atoms with Crippen molar-refractivity contribution in [1.82, 2.24) is 0 Å². The Morgan fingerprint density at radius 2 is 2.22 bits per heavy atom. The van der Waals surface area contributed by atoms with Crippen LogP contribution in [-0.2, 0) is 4.79 Å². The Kier molecular flexibility index (Phi) is 3.93. The van der Waals surface area contributed by atoms with Crippen molar-refractivity contribution in [2.45, 2.75) is 20.8 Å².